The van der Waals surface area contributed by atoms with Crippen LogP contribution in [0.3, 0.4) is 0 Å². The van der Waals surface area contributed by atoms with Gasteiger partial charge in [-0.1, -0.05) is 42.5 Å². The Morgan fingerprint density at radius 2 is 1.69 bits per heavy atom. The van der Waals surface area contributed by atoms with Crippen molar-refractivity contribution in [2.45, 2.75) is 19.9 Å². The van der Waals surface area contributed by atoms with Gasteiger partial charge in [-0.2, -0.15) is 5.10 Å². The summed E-state index contributed by atoms with van der Waals surface area (Å²) in [4.78, 5) is 8.93. The molecule has 4 aromatic rings. The molecule has 6 nitrogen and oxygen atoms in total. The van der Waals surface area contributed by atoms with E-state index in [1.54, 1.807) is 0 Å². The average molecular weight is 344 g/mol. The summed E-state index contributed by atoms with van der Waals surface area (Å²) in [6, 6.07) is 18.0. The maximum atomic E-state index is 6.22. The van der Waals surface area contributed by atoms with Crippen molar-refractivity contribution in [3.63, 3.8) is 0 Å². The third-order valence-electron chi connectivity index (χ3n) is 4.30. The quantitative estimate of drug-likeness (QED) is 0.555. The fourth-order valence-corrected chi connectivity index (χ4v) is 3.17. The van der Waals surface area contributed by atoms with E-state index in [2.05, 4.69) is 22.1 Å². The first-order valence-corrected chi connectivity index (χ1v) is 8.48. The molecule has 6 heteroatoms. The molecule has 0 atom stereocenters. The topological polar surface area (TPSA) is 95.6 Å². The van der Waals surface area contributed by atoms with Gasteiger partial charge in [0.15, 0.2) is 5.65 Å². The summed E-state index contributed by atoms with van der Waals surface area (Å²) in [7, 11) is 0. The molecule has 0 amide bonds. The van der Waals surface area contributed by atoms with Crippen molar-refractivity contribution in [1.29, 1.82) is 0 Å². The van der Waals surface area contributed by atoms with E-state index in [4.69, 9.17) is 16.6 Å². The fraction of sp³-hybridized carbons (Fsp3) is 0.150. The van der Waals surface area contributed by atoms with E-state index in [1.807, 2.05) is 54.1 Å². The third-order valence-corrected chi connectivity index (χ3v) is 4.30. The van der Waals surface area contributed by atoms with Crippen LogP contribution in [0.1, 0.15) is 22.6 Å². The normalized spacial score (nSPS) is 11.1. The summed E-state index contributed by atoms with van der Waals surface area (Å²) in [5, 5.41) is 5.62. The molecule has 2 heterocycles. The molecule has 0 aliphatic carbocycles. The number of rotatable bonds is 4. The van der Waals surface area contributed by atoms with Gasteiger partial charge in [0.25, 0.3) is 0 Å². The van der Waals surface area contributed by atoms with Crippen molar-refractivity contribution < 1.29 is 0 Å². The third kappa shape index (κ3) is 3.09. The molecule has 2 aromatic heterocycles. The summed E-state index contributed by atoms with van der Waals surface area (Å²) < 4.78 is 1.90. The number of nitrogens with zero attached hydrogens (tertiary/aromatic N) is 4. The van der Waals surface area contributed by atoms with Gasteiger partial charge >= 0.3 is 0 Å². The smallest absolute Gasteiger partial charge is 0.164 e. The van der Waals surface area contributed by atoms with Crippen molar-refractivity contribution in [3.8, 4) is 0 Å². The van der Waals surface area contributed by atoms with E-state index in [0.717, 1.165) is 33.5 Å². The molecule has 130 valence electrons. The monoisotopic (exact) mass is 344 g/mol. The molecule has 0 saturated heterocycles. The Bertz CT molecular complexity index is 1070. The number of aromatic nitrogens is 4. The lowest BCUT2D eigenvalue weighted by Crippen LogP contribution is -2.04. The molecule has 0 aliphatic heterocycles. The Hall–Kier alpha value is -3.41. The fourth-order valence-electron chi connectivity index (χ4n) is 3.17. The van der Waals surface area contributed by atoms with Crippen LogP contribution in [0.4, 0.5) is 11.5 Å². The van der Waals surface area contributed by atoms with Gasteiger partial charge < -0.3 is 11.5 Å². The maximum Gasteiger partial charge on any atom is 0.164 e. The van der Waals surface area contributed by atoms with Crippen LogP contribution in [0.25, 0.3) is 11.0 Å². The van der Waals surface area contributed by atoms with E-state index in [-0.39, 0.29) is 0 Å². The zero-order valence-electron chi connectivity index (χ0n) is 14.6. The second kappa shape index (κ2) is 6.48. The van der Waals surface area contributed by atoms with Crippen LogP contribution >= 0.6 is 0 Å². The summed E-state index contributed by atoms with van der Waals surface area (Å²) >= 11 is 0. The molecule has 0 bridgehead atoms. The van der Waals surface area contributed by atoms with Crippen molar-refractivity contribution >= 4 is 22.5 Å². The highest BCUT2D eigenvalue weighted by molar-refractivity contribution is 5.88. The number of hydrogen-bond acceptors (Lipinski definition) is 5. The van der Waals surface area contributed by atoms with Crippen molar-refractivity contribution in [2.24, 2.45) is 0 Å². The van der Waals surface area contributed by atoms with Gasteiger partial charge in [0.2, 0.25) is 0 Å². The first kappa shape index (κ1) is 16.1. The molecule has 0 radical (unpaired) electrons. The second-order valence-electron chi connectivity index (χ2n) is 6.37. The highest BCUT2D eigenvalue weighted by Crippen LogP contribution is 2.25. The SMILES string of the molecule is Cc1nc(N)c2c(Cc3cccc(N)c3)nn(Cc3ccccc3)c2n1. The first-order chi connectivity index (χ1) is 12.6. The number of benzene rings is 2. The predicted octanol–water partition coefficient (Wildman–Crippen LogP) is 2.94. The van der Waals surface area contributed by atoms with E-state index in [9.17, 15) is 0 Å². The Labute approximate surface area is 151 Å². The molecule has 0 aliphatic rings. The van der Waals surface area contributed by atoms with Crippen LogP contribution < -0.4 is 11.5 Å². The highest BCUT2D eigenvalue weighted by Gasteiger charge is 2.17. The van der Waals surface area contributed by atoms with Gasteiger partial charge in [-0.05, 0) is 30.2 Å². The van der Waals surface area contributed by atoms with Gasteiger partial charge in [0.05, 0.1) is 17.6 Å². The number of hydrogen-bond donors (Lipinski definition) is 2. The molecule has 4 N–H and O–H groups in total. The molecule has 0 spiro atoms. The number of fused-ring (bicyclic) bond motifs is 1. The van der Waals surface area contributed by atoms with Crippen molar-refractivity contribution in [2.75, 3.05) is 11.5 Å². The number of aryl methyl sites for hydroxylation is 1. The molecule has 0 unspecified atom stereocenters. The average Bonchev–Trinajstić information content (AvgIpc) is 2.93. The van der Waals surface area contributed by atoms with Crippen LogP contribution in [0, 0.1) is 6.92 Å². The van der Waals surface area contributed by atoms with Gasteiger partial charge in [-0.25, -0.2) is 14.6 Å². The largest absolute Gasteiger partial charge is 0.399 e. The molecule has 0 fully saturated rings. The summed E-state index contributed by atoms with van der Waals surface area (Å²) in [5.74, 6) is 1.10. The van der Waals surface area contributed by atoms with Crippen molar-refractivity contribution in [3.05, 3.63) is 77.2 Å². The minimum absolute atomic E-state index is 0.464. The number of nitrogen functional groups attached to an aromatic ring is 2. The van der Waals surface area contributed by atoms with Crippen LogP contribution in [0.15, 0.2) is 54.6 Å². The van der Waals surface area contributed by atoms with Gasteiger partial charge in [-0.3, -0.25) is 0 Å². The van der Waals surface area contributed by atoms with E-state index in [0.29, 0.717) is 24.6 Å². The zero-order chi connectivity index (χ0) is 18.1. The standard InChI is InChI=1S/C20H20N6/c1-13-23-19(22)18-17(11-15-8-5-9-16(21)10-15)25-26(20(18)24-13)12-14-6-3-2-4-7-14/h2-10H,11-12,21H2,1H3,(H2,22,23,24). The lowest BCUT2D eigenvalue weighted by molar-refractivity contribution is 0.689. The minimum atomic E-state index is 0.464. The van der Waals surface area contributed by atoms with Crippen LogP contribution in [0.5, 0.6) is 0 Å². The van der Waals surface area contributed by atoms with Crippen LogP contribution in [-0.2, 0) is 13.0 Å². The van der Waals surface area contributed by atoms with Gasteiger partial charge in [0, 0.05) is 12.1 Å². The molecular formula is C20H20N6. The molecule has 2 aromatic carbocycles. The maximum absolute atomic E-state index is 6.22. The Balaban J connectivity index is 1.82. The van der Waals surface area contributed by atoms with E-state index in [1.165, 1.54) is 0 Å². The molecule has 26 heavy (non-hydrogen) atoms. The summed E-state index contributed by atoms with van der Waals surface area (Å²) in [5.41, 5.74) is 16.7. The van der Waals surface area contributed by atoms with Crippen molar-refractivity contribution in [1.82, 2.24) is 19.7 Å². The van der Waals surface area contributed by atoms with Crippen LogP contribution in [0.2, 0.25) is 0 Å². The van der Waals surface area contributed by atoms with Crippen LogP contribution in [-0.4, -0.2) is 19.7 Å². The van der Waals surface area contributed by atoms with Gasteiger partial charge in [0.1, 0.15) is 11.6 Å². The molecular weight excluding hydrogens is 324 g/mol. The molecule has 0 saturated carbocycles. The number of anilines is 2. The second-order valence-corrected chi connectivity index (χ2v) is 6.37. The highest BCUT2D eigenvalue weighted by atomic mass is 15.3. The summed E-state index contributed by atoms with van der Waals surface area (Å²) in [6.07, 6.45) is 0.625. The lowest BCUT2D eigenvalue weighted by atomic mass is 10.1. The minimum Gasteiger partial charge on any atom is -0.399 e. The first-order valence-electron chi connectivity index (χ1n) is 8.48. The molecule has 4 rings (SSSR count). The Morgan fingerprint density at radius 3 is 2.46 bits per heavy atom. The van der Waals surface area contributed by atoms with Gasteiger partial charge in [-0.15, -0.1) is 0 Å². The Morgan fingerprint density at radius 1 is 0.923 bits per heavy atom. The predicted molar refractivity (Wildman–Crippen MR) is 104 cm³/mol. The van der Waals surface area contributed by atoms with E-state index >= 15 is 0 Å². The van der Waals surface area contributed by atoms with E-state index < -0.39 is 0 Å². The Kier molecular flexibility index (Phi) is 4.01. The lowest BCUT2D eigenvalue weighted by Gasteiger charge is -2.04. The summed E-state index contributed by atoms with van der Waals surface area (Å²) in [6.45, 7) is 2.47. The zero-order valence-corrected chi connectivity index (χ0v) is 14.6. The number of nitrogens with two attached hydrogens (primary N) is 2.